The van der Waals surface area contributed by atoms with Crippen LogP contribution in [0.4, 0.5) is 0 Å². The molecule has 5 heteroatoms. The highest BCUT2D eigenvalue weighted by molar-refractivity contribution is 5.93. The van der Waals surface area contributed by atoms with Gasteiger partial charge in [-0.2, -0.15) is 0 Å². The summed E-state index contributed by atoms with van der Waals surface area (Å²) in [6.07, 6.45) is 2.06. The van der Waals surface area contributed by atoms with Crippen molar-refractivity contribution in [3.8, 4) is 5.75 Å². The molecule has 3 N–H and O–H groups in total. The van der Waals surface area contributed by atoms with Gasteiger partial charge in [-0.05, 0) is 31.5 Å². The van der Waals surface area contributed by atoms with Gasteiger partial charge in [0.2, 0.25) is 5.91 Å². The number of methoxy groups -OCH3 is 1. The van der Waals surface area contributed by atoms with Gasteiger partial charge >= 0.3 is 0 Å². The van der Waals surface area contributed by atoms with Crippen molar-refractivity contribution in [1.29, 1.82) is 0 Å². The first-order valence-electron chi connectivity index (χ1n) is 6.51. The first kappa shape index (κ1) is 14.4. The fourth-order valence-corrected chi connectivity index (χ4v) is 2.16. The Morgan fingerprint density at radius 1 is 1.45 bits per heavy atom. The molecular formula is C15H20N2O3. The van der Waals surface area contributed by atoms with E-state index in [1.54, 1.807) is 21.0 Å². The number of nitrogens with one attached hydrogen (secondary N) is 2. The lowest BCUT2D eigenvalue weighted by molar-refractivity contribution is -0.122. The van der Waals surface area contributed by atoms with Gasteiger partial charge in [0.05, 0.1) is 25.7 Å². The second-order valence-corrected chi connectivity index (χ2v) is 5.46. The van der Waals surface area contributed by atoms with E-state index in [1.807, 2.05) is 24.4 Å². The second kappa shape index (κ2) is 5.54. The van der Waals surface area contributed by atoms with Gasteiger partial charge in [-0.15, -0.1) is 0 Å². The highest BCUT2D eigenvalue weighted by Crippen LogP contribution is 2.28. The minimum atomic E-state index is -0.618. The fraction of sp³-hybridized carbons (Fsp3) is 0.400. The molecule has 0 saturated heterocycles. The van der Waals surface area contributed by atoms with E-state index in [0.717, 1.165) is 22.2 Å². The van der Waals surface area contributed by atoms with E-state index in [0.29, 0.717) is 0 Å². The van der Waals surface area contributed by atoms with Crippen LogP contribution in [0.3, 0.4) is 0 Å². The lowest BCUT2D eigenvalue weighted by Gasteiger charge is -2.23. The van der Waals surface area contributed by atoms with Crippen molar-refractivity contribution in [2.45, 2.75) is 25.8 Å². The predicted octanol–water partition coefficient (Wildman–Crippen LogP) is 1.61. The lowest BCUT2D eigenvalue weighted by Crippen LogP contribution is -2.46. The van der Waals surface area contributed by atoms with Crippen molar-refractivity contribution in [2.24, 2.45) is 0 Å². The number of aliphatic hydroxyl groups excluding tert-OH is 1. The zero-order valence-corrected chi connectivity index (χ0v) is 12.0. The summed E-state index contributed by atoms with van der Waals surface area (Å²) in [5.74, 6) is 0.615. The van der Waals surface area contributed by atoms with Crippen molar-refractivity contribution < 1.29 is 14.6 Å². The van der Waals surface area contributed by atoms with Crippen LogP contribution in [-0.4, -0.2) is 35.3 Å². The summed E-state index contributed by atoms with van der Waals surface area (Å²) >= 11 is 0. The number of hydrogen-bond donors (Lipinski definition) is 3. The Labute approximate surface area is 117 Å². The number of aromatic nitrogens is 1. The van der Waals surface area contributed by atoms with E-state index >= 15 is 0 Å². The van der Waals surface area contributed by atoms with Gasteiger partial charge in [-0.25, -0.2) is 0 Å². The summed E-state index contributed by atoms with van der Waals surface area (Å²) in [5, 5.41) is 12.9. The van der Waals surface area contributed by atoms with Crippen LogP contribution in [0.25, 0.3) is 10.9 Å². The first-order chi connectivity index (χ1) is 9.46. The largest absolute Gasteiger partial charge is 0.496 e. The van der Waals surface area contributed by atoms with Crippen LogP contribution < -0.4 is 10.1 Å². The number of amides is 1. The van der Waals surface area contributed by atoms with Crippen LogP contribution in [-0.2, 0) is 11.2 Å². The van der Waals surface area contributed by atoms with Crippen LogP contribution in [0.2, 0.25) is 0 Å². The molecule has 108 valence electrons. The minimum absolute atomic E-state index is 0.101. The molecule has 0 radical (unpaired) electrons. The highest BCUT2D eigenvalue weighted by atomic mass is 16.5. The number of H-pyrrole nitrogens is 1. The molecule has 1 aromatic carbocycles. The van der Waals surface area contributed by atoms with Gasteiger partial charge in [-0.3, -0.25) is 4.79 Å². The summed E-state index contributed by atoms with van der Waals surface area (Å²) in [6.45, 7) is 3.46. The standard InChI is InChI=1S/C15H20N2O3/c1-15(2,9-18)17-13(19)7-10-8-16-11-5-4-6-12(20-3)14(10)11/h4-6,8,16,18H,7,9H2,1-3H3,(H,17,19). The lowest BCUT2D eigenvalue weighted by atomic mass is 10.1. The van der Waals surface area contributed by atoms with Gasteiger partial charge in [-0.1, -0.05) is 6.07 Å². The zero-order chi connectivity index (χ0) is 14.8. The Morgan fingerprint density at radius 3 is 2.85 bits per heavy atom. The Balaban J connectivity index is 2.24. The summed E-state index contributed by atoms with van der Waals surface area (Å²) in [7, 11) is 1.61. The molecule has 0 unspecified atom stereocenters. The maximum absolute atomic E-state index is 12.1. The molecule has 0 aliphatic carbocycles. The number of carbonyl (C=O) groups is 1. The molecule has 1 heterocycles. The van der Waals surface area contributed by atoms with Crippen LogP contribution in [0.1, 0.15) is 19.4 Å². The number of ether oxygens (including phenoxy) is 1. The van der Waals surface area contributed by atoms with Crippen molar-refractivity contribution in [3.63, 3.8) is 0 Å². The van der Waals surface area contributed by atoms with Gasteiger partial charge in [0.1, 0.15) is 5.75 Å². The molecule has 0 fully saturated rings. The maximum atomic E-state index is 12.1. The average Bonchev–Trinajstić information content (AvgIpc) is 2.81. The number of rotatable bonds is 5. The van der Waals surface area contributed by atoms with Gasteiger partial charge < -0.3 is 20.1 Å². The molecule has 2 rings (SSSR count). The summed E-state index contributed by atoms with van der Waals surface area (Å²) < 4.78 is 5.34. The fourth-order valence-electron chi connectivity index (χ4n) is 2.16. The third-order valence-electron chi connectivity index (χ3n) is 3.19. The molecule has 0 saturated carbocycles. The summed E-state index contributed by atoms with van der Waals surface area (Å²) in [4.78, 5) is 15.2. The molecule has 1 amide bonds. The topological polar surface area (TPSA) is 74.4 Å². The van der Waals surface area contributed by atoms with Gasteiger partial charge in [0, 0.05) is 17.1 Å². The van der Waals surface area contributed by atoms with Crippen LogP contribution in [0.5, 0.6) is 5.75 Å². The van der Waals surface area contributed by atoms with Gasteiger partial charge in [0.15, 0.2) is 0 Å². The average molecular weight is 276 g/mol. The SMILES string of the molecule is COc1cccc2[nH]cc(CC(=O)NC(C)(C)CO)c12. The van der Waals surface area contributed by atoms with Crippen LogP contribution >= 0.6 is 0 Å². The predicted molar refractivity (Wildman–Crippen MR) is 77.9 cm³/mol. The first-order valence-corrected chi connectivity index (χ1v) is 6.51. The van der Waals surface area contributed by atoms with Crippen LogP contribution in [0.15, 0.2) is 24.4 Å². The number of aromatic amines is 1. The Hall–Kier alpha value is -2.01. The van der Waals surface area contributed by atoms with E-state index in [-0.39, 0.29) is 18.9 Å². The minimum Gasteiger partial charge on any atom is -0.496 e. The molecule has 20 heavy (non-hydrogen) atoms. The molecular weight excluding hydrogens is 256 g/mol. The van der Waals surface area contributed by atoms with Crippen molar-refractivity contribution in [1.82, 2.24) is 10.3 Å². The van der Waals surface area contributed by atoms with E-state index in [9.17, 15) is 9.90 Å². The smallest absolute Gasteiger partial charge is 0.224 e. The number of benzene rings is 1. The third kappa shape index (κ3) is 2.93. The number of hydrogen-bond acceptors (Lipinski definition) is 3. The summed E-state index contributed by atoms with van der Waals surface area (Å²) in [6, 6.07) is 5.71. The Kier molecular flexibility index (Phi) is 3.99. The van der Waals surface area contributed by atoms with E-state index < -0.39 is 5.54 Å². The molecule has 2 aromatic rings. The Bertz CT molecular complexity index is 617. The van der Waals surface area contributed by atoms with Crippen molar-refractivity contribution in [3.05, 3.63) is 30.0 Å². The zero-order valence-electron chi connectivity index (χ0n) is 12.0. The Morgan fingerprint density at radius 2 is 2.20 bits per heavy atom. The molecule has 0 aliphatic heterocycles. The van der Waals surface area contributed by atoms with E-state index in [1.165, 1.54) is 0 Å². The number of aliphatic hydroxyl groups is 1. The van der Waals surface area contributed by atoms with E-state index in [4.69, 9.17) is 4.74 Å². The molecule has 0 aliphatic rings. The molecule has 0 spiro atoms. The highest BCUT2D eigenvalue weighted by Gasteiger charge is 2.20. The van der Waals surface area contributed by atoms with E-state index in [2.05, 4.69) is 10.3 Å². The van der Waals surface area contributed by atoms with Gasteiger partial charge in [0.25, 0.3) is 0 Å². The van der Waals surface area contributed by atoms with Crippen LogP contribution in [0, 0.1) is 0 Å². The quantitative estimate of drug-likeness (QED) is 0.776. The number of carbonyl (C=O) groups excluding carboxylic acids is 1. The third-order valence-corrected chi connectivity index (χ3v) is 3.19. The monoisotopic (exact) mass is 276 g/mol. The number of fused-ring (bicyclic) bond motifs is 1. The molecule has 0 bridgehead atoms. The second-order valence-electron chi connectivity index (χ2n) is 5.46. The summed E-state index contributed by atoms with van der Waals surface area (Å²) in [5.41, 5.74) is 1.20. The van der Waals surface area contributed by atoms with Crippen molar-refractivity contribution >= 4 is 16.8 Å². The maximum Gasteiger partial charge on any atom is 0.224 e. The van der Waals surface area contributed by atoms with Crippen molar-refractivity contribution in [2.75, 3.05) is 13.7 Å². The normalized spacial score (nSPS) is 11.6. The molecule has 5 nitrogen and oxygen atoms in total. The molecule has 0 atom stereocenters. The molecule has 1 aromatic heterocycles.